The number of fused-ring (bicyclic) bond motifs is 2. The minimum absolute atomic E-state index is 0.428. The number of rotatable bonds is 4. The molecule has 0 aliphatic rings. The molecule has 2 aromatic heterocycles. The van der Waals surface area contributed by atoms with Crippen molar-refractivity contribution in [1.82, 2.24) is 15.0 Å². The molecule has 5 rings (SSSR count). The van der Waals surface area contributed by atoms with Gasteiger partial charge in [0.25, 0.3) is 0 Å². The van der Waals surface area contributed by atoms with E-state index in [2.05, 4.69) is 20.5 Å². The Hall–Kier alpha value is -3.83. The first kappa shape index (κ1) is 18.2. The molecule has 0 saturated carbocycles. The molecule has 6 heteroatoms. The van der Waals surface area contributed by atoms with Crippen molar-refractivity contribution in [2.24, 2.45) is 5.10 Å². The lowest BCUT2D eigenvalue weighted by molar-refractivity contribution is 1.16. The van der Waals surface area contributed by atoms with Crippen molar-refractivity contribution in [2.45, 2.75) is 0 Å². The molecule has 0 bridgehead atoms. The summed E-state index contributed by atoms with van der Waals surface area (Å²) in [7, 11) is 0. The van der Waals surface area contributed by atoms with Gasteiger partial charge in [-0.3, -0.25) is 4.98 Å². The van der Waals surface area contributed by atoms with Crippen LogP contribution in [0.4, 0.5) is 5.95 Å². The highest BCUT2D eigenvalue weighted by Gasteiger charge is 2.09. The number of hydrogen-bond donors (Lipinski definition) is 1. The number of halogens is 1. The number of nitrogens with zero attached hydrogens (tertiary/aromatic N) is 4. The van der Waals surface area contributed by atoms with Crippen LogP contribution >= 0.6 is 11.6 Å². The zero-order valence-electron chi connectivity index (χ0n) is 15.8. The predicted octanol–water partition coefficient (Wildman–Crippen LogP) is 5.94. The smallest absolute Gasteiger partial charge is 0.244 e. The molecule has 0 atom stereocenters. The third-order valence-corrected chi connectivity index (χ3v) is 4.98. The number of aromatic nitrogens is 3. The molecule has 0 aliphatic heterocycles. The fraction of sp³-hybridized carbons (Fsp3) is 0. The molecule has 2 heterocycles. The SMILES string of the molecule is Clc1ccc(-c2nc(N/N=C\c3ccc4ncccc4c3)nc3ccccc23)cc1. The van der Waals surface area contributed by atoms with Crippen LogP contribution in [0.15, 0.2) is 90.2 Å². The fourth-order valence-electron chi connectivity index (χ4n) is 3.29. The highest BCUT2D eigenvalue weighted by atomic mass is 35.5. The second kappa shape index (κ2) is 7.89. The number of pyridine rings is 1. The minimum atomic E-state index is 0.428. The standard InChI is InChI=1S/C24H16ClN5/c25-19-10-8-17(9-11-19)23-20-5-1-2-6-22(20)28-24(29-23)30-27-15-16-7-12-21-18(14-16)4-3-13-26-21/h1-15H,(H,28,29,30)/b27-15-. The summed E-state index contributed by atoms with van der Waals surface area (Å²) in [5.41, 5.74) is 7.50. The van der Waals surface area contributed by atoms with E-state index in [1.165, 1.54) is 0 Å². The Bertz CT molecular complexity index is 1380. The van der Waals surface area contributed by atoms with E-state index in [4.69, 9.17) is 16.6 Å². The van der Waals surface area contributed by atoms with Crippen LogP contribution in [0, 0.1) is 0 Å². The summed E-state index contributed by atoms with van der Waals surface area (Å²) in [6.45, 7) is 0. The number of para-hydroxylation sites is 1. The molecule has 0 fully saturated rings. The van der Waals surface area contributed by atoms with Crippen LogP contribution in [0.25, 0.3) is 33.1 Å². The molecule has 30 heavy (non-hydrogen) atoms. The van der Waals surface area contributed by atoms with Crippen molar-refractivity contribution in [2.75, 3.05) is 5.43 Å². The van der Waals surface area contributed by atoms with E-state index < -0.39 is 0 Å². The van der Waals surface area contributed by atoms with Gasteiger partial charge in [0.15, 0.2) is 0 Å². The first-order valence-corrected chi connectivity index (χ1v) is 9.81. The Morgan fingerprint density at radius 1 is 0.833 bits per heavy atom. The van der Waals surface area contributed by atoms with Gasteiger partial charge in [-0.05, 0) is 42.0 Å². The Labute approximate surface area is 178 Å². The summed E-state index contributed by atoms with van der Waals surface area (Å²) in [6.07, 6.45) is 3.53. The van der Waals surface area contributed by atoms with E-state index >= 15 is 0 Å². The maximum atomic E-state index is 6.04. The van der Waals surface area contributed by atoms with Gasteiger partial charge in [0, 0.05) is 27.6 Å². The van der Waals surface area contributed by atoms with Crippen LogP contribution in [0.5, 0.6) is 0 Å². The zero-order valence-corrected chi connectivity index (χ0v) is 16.6. The second-order valence-electron chi connectivity index (χ2n) is 6.75. The van der Waals surface area contributed by atoms with Crippen molar-refractivity contribution in [3.8, 4) is 11.3 Å². The molecular weight excluding hydrogens is 394 g/mol. The molecule has 0 saturated heterocycles. The number of hydrogen-bond acceptors (Lipinski definition) is 5. The largest absolute Gasteiger partial charge is 0.256 e. The maximum absolute atomic E-state index is 6.04. The fourth-order valence-corrected chi connectivity index (χ4v) is 3.42. The third kappa shape index (κ3) is 3.71. The number of anilines is 1. The quantitative estimate of drug-likeness (QED) is 0.294. The summed E-state index contributed by atoms with van der Waals surface area (Å²) >= 11 is 6.04. The summed E-state index contributed by atoms with van der Waals surface area (Å²) in [5, 5.41) is 7.05. The lowest BCUT2D eigenvalue weighted by Crippen LogP contribution is -1.99. The van der Waals surface area contributed by atoms with Gasteiger partial charge in [-0.1, -0.05) is 54.1 Å². The first-order valence-electron chi connectivity index (χ1n) is 9.43. The minimum Gasteiger partial charge on any atom is -0.256 e. The summed E-state index contributed by atoms with van der Waals surface area (Å²) in [6, 6.07) is 25.4. The molecule has 0 amide bonds. The first-order chi connectivity index (χ1) is 14.8. The van der Waals surface area contributed by atoms with Crippen LogP contribution in [0.1, 0.15) is 5.56 Å². The second-order valence-corrected chi connectivity index (χ2v) is 7.18. The van der Waals surface area contributed by atoms with Crippen LogP contribution < -0.4 is 5.43 Å². The number of benzene rings is 3. The Kier molecular flexibility index (Phi) is 4.79. The Morgan fingerprint density at radius 2 is 1.70 bits per heavy atom. The predicted molar refractivity (Wildman–Crippen MR) is 123 cm³/mol. The van der Waals surface area contributed by atoms with E-state index in [0.29, 0.717) is 11.0 Å². The lowest BCUT2D eigenvalue weighted by Gasteiger charge is -2.08. The van der Waals surface area contributed by atoms with Crippen molar-refractivity contribution in [1.29, 1.82) is 0 Å². The average molecular weight is 410 g/mol. The van der Waals surface area contributed by atoms with Gasteiger partial charge in [-0.15, -0.1) is 0 Å². The maximum Gasteiger partial charge on any atom is 0.244 e. The van der Waals surface area contributed by atoms with Crippen molar-refractivity contribution >= 4 is 45.6 Å². The van der Waals surface area contributed by atoms with Crippen molar-refractivity contribution in [3.05, 3.63) is 95.6 Å². The molecule has 0 unspecified atom stereocenters. The van der Waals surface area contributed by atoms with Gasteiger partial charge < -0.3 is 0 Å². The molecule has 0 radical (unpaired) electrons. The molecule has 5 nitrogen and oxygen atoms in total. The van der Waals surface area contributed by atoms with Gasteiger partial charge in [-0.2, -0.15) is 5.10 Å². The van der Waals surface area contributed by atoms with Crippen molar-refractivity contribution < 1.29 is 0 Å². The number of nitrogens with one attached hydrogen (secondary N) is 1. The van der Waals surface area contributed by atoms with Gasteiger partial charge in [0.1, 0.15) is 0 Å². The molecule has 1 N–H and O–H groups in total. The van der Waals surface area contributed by atoms with Gasteiger partial charge in [-0.25, -0.2) is 15.4 Å². The van der Waals surface area contributed by atoms with Crippen LogP contribution in [-0.2, 0) is 0 Å². The van der Waals surface area contributed by atoms with Crippen molar-refractivity contribution in [3.63, 3.8) is 0 Å². The molecule has 144 valence electrons. The van der Waals surface area contributed by atoms with E-state index in [1.807, 2.05) is 78.9 Å². The van der Waals surface area contributed by atoms with Crippen LogP contribution in [0.2, 0.25) is 5.02 Å². The molecule has 0 spiro atoms. The third-order valence-electron chi connectivity index (χ3n) is 4.73. The molecular formula is C24H16ClN5. The van der Waals surface area contributed by atoms with E-state index in [1.54, 1.807) is 12.4 Å². The monoisotopic (exact) mass is 409 g/mol. The van der Waals surface area contributed by atoms with Crippen LogP contribution in [0.3, 0.4) is 0 Å². The normalized spacial score (nSPS) is 11.4. The molecule has 0 aliphatic carbocycles. The average Bonchev–Trinajstić information content (AvgIpc) is 2.79. The van der Waals surface area contributed by atoms with E-state index in [-0.39, 0.29) is 0 Å². The molecule has 5 aromatic rings. The van der Waals surface area contributed by atoms with Crippen LogP contribution in [-0.4, -0.2) is 21.2 Å². The zero-order chi connectivity index (χ0) is 20.3. The molecule has 3 aromatic carbocycles. The van der Waals surface area contributed by atoms with Gasteiger partial charge in [0.05, 0.1) is 22.9 Å². The van der Waals surface area contributed by atoms with Gasteiger partial charge >= 0.3 is 0 Å². The highest BCUT2D eigenvalue weighted by molar-refractivity contribution is 6.30. The Morgan fingerprint density at radius 3 is 2.60 bits per heavy atom. The topological polar surface area (TPSA) is 63.1 Å². The summed E-state index contributed by atoms with van der Waals surface area (Å²) in [4.78, 5) is 13.6. The lowest BCUT2D eigenvalue weighted by atomic mass is 10.1. The summed E-state index contributed by atoms with van der Waals surface area (Å²) in [5.74, 6) is 0.428. The Balaban J connectivity index is 1.48. The summed E-state index contributed by atoms with van der Waals surface area (Å²) < 4.78 is 0. The van der Waals surface area contributed by atoms with E-state index in [0.717, 1.165) is 38.6 Å². The van der Waals surface area contributed by atoms with Gasteiger partial charge in [0.2, 0.25) is 5.95 Å². The number of hydrazone groups is 1. The highest BCUT2D eigenvalue weighted by Crippen LogP contribution is 2.28. The van der Waals surface area contributed by atoms with E-state index in [9.17, 15) is 0 Å².